The van der Waals surface area contributed by atoms with E-state index in [1.165, 1.54) is 0 Å². The van der Waals surface area contributed by atoms with Crippen molar-refractivity contribution < 1.29 is 13.6 Å². The molecule has 7 nitrogen and oxygen atoms in total. The minimum atomic E-state index is -0.415. The molecular weight excluding hydrogens is 412 g/mol. The number of furan rings is 1. The maximum absolute atomic E-state index is 12.5. The summed E-state index contributed by atoms with van der Waals surface area (Å²) in [5.41, 5.74) is 4.32. The van der Waals surface area contributed by atoms with E-state index >= 15 is 0 Å². The summed E-state index contributed by atoms with van der Waals surface area (Å²) in [5, 5.41) is 6.72. The van der Waals surface area contributed by atoms with Crippen LogP contribution in [0.2, 0.25) is 0 Å². The first kappa shape index (κ1) is 19.0. The fourth-order valence-corrected chi connectivity index (χ4v) is 3.44. The predicted molar refractivity (Wildman–Crippen MR) is 122 cm³/mol. The van der Waals surface area contributed by atoms with Gasteiger partial charge in [-0.2, -0.15) is 4.98 Å². The molecule has 1 amide bonds. The SMILES string of the molecule is Cc1cc(-c2nc3ncccc3o2)ccc1NC(=S)NC(=O)c1cc2ccccc2o1. The highest BCUT2D eigenvalue weighted by Gasteiger charge is 2.15. The number of nitrogens with zero attached hydrogens (tertiary/aromatic N) is 2. The van der Waals surface area contributed by atoms with E-state index in [0.717, 1.165) is 22.2 Å². The standard InChI is InChI=1S/C23H16N4O3S/c1-13-11-15(22-26-20-18(30-22)7-4-10-24-20)8-9-16(13)25-23(31)27-21(28)19-12-14-5-2-3-6-17(14)29-19/h2-12H,1H3,(H2,25,27,28,31). The number of amides is 1. The number of anilines is 1. The lowest BCUT2D eigenvalue weighted by Gasteiger charge is -2.11. The van der Waals surface area contributed by atoms with Crippen molar-refractivity contribution in [1.29, 1.82) is 0 Å². The average Bonchev–Trinajstić information content (AvgIpc) is 3.39. The van der Waals surface area contributed by atoms with Crippen LogP contribution < -0.4 is 10.6 Å². The second kappa shape index (κ2) is 7.66. The maximum Gasteiger partial charge on any atom is 0.293 e. The van der Waals surface area contributed by atoms with Gasteiger partial charge in [-0.1, -0.05) is 18.2 Å². The fraction of sp³-hybridized carbons (Fsp3) is 0.0435. The lowest BCUT2D eigenvalue weighted by atomic mass is 10.1. The highest BCUT2D eigenvalue weighted by Crippen LogP contribution is 2.27. The predicted octanol–water partition coefficient (Wildman–Crippen LogP) is 5.07. The molecule has 2 aromatic carbocycles. The van der Waals surface area contributed by atoms with Gasteiger partial charge >= 0.3 is 0 Å². The number of nitrogens with one attached hydrogen (secondary N) is 2. The van der Waals surface area contributed by atoms with Crippen molar-refractivity contribution in [2.24, 2.45) is 0 Å². The third kappa shape index (κ3) is 3.76. The lowest BCUT2D eigenvalue weighted by Crippen LogP contribution is -2.34. The average molecular weight is 428 g/mol. The van der Waals surface area contributed by atoms with Gasteiger partial charge in [0.1, 0.15) is 5.58 Å². The molecule has 0 fully saturated rings. The van der Waals surface area contributed by atoms with Crippen LogP contribution in [0, 0.1) is 6.92 Å². The number of carbonyl (C=O) groups is 1. The summed E-state index contributed by atoms with van der Waals surface area (Å²) in [7, 11) is 0. The van der Waals surface area contributed by atoms with Crippen LogP contribution in [0.25, 0.3) is 33.7 Å². The van der Waals surface area contributed by atoms with E-state index in [-0.39, 0.29) is 10.9 Å². The molecule has 0 unspecified atom stereocenters. The Kier molecular flexibility index (Phi) is 4.68. The maximum atomic E-state index is 12.5. The Labute approximate surface area is 182 Å². The Balaban J connectivity index is 1.30. The zero-order chi connectivity index (χ0) is 21.4. The van der Waals surface area contributed by atoms with E-state index in [2.05, 4.69) is 20.6 Å². The Morgan fingerprint density at radius 2 is 1.84 bits per heavy atom. The third-order valence-electron chi connectivity index (χ3n) is 4.76. The van der Waals surface area contributed by atoms with Gasteiger partial charge in [0.25, 0.3) is 5.91 Å². The Bertz CT molecular complexity index is 1390. The van der Waals surface area contributed by atoms with E-state index in [4.69, 9.17) is 21.1 Å². The van der Waals surface area contributed by atoms with Gasteiger partial charge in [-0.15, -0.1) is 0 Å². The number of para-hydroxylation sites is 1. The number of hydrogen-bond acceptors (Lipinski definition) is 6. The molecule has 0 spiro atoms. The quantitative estimate of drug-likeness (QED) is 0.388. The van der Waals surface area contributed by atoms with Crippen molar-refractivity contribution in [1.82, 2.24) is 15.3 Å². The first-order valence-electron chi connectivity index (χ1n) is 9.50. The summed E-state index contributed by atoms with van der Waals surface area (Å²) in [6.07, 6.45) is 1.67. The molecule has 0 bridgehead atoms. The molecule has 0 saturated carbocycles. The number of oxazole rings is 1. The molecule has 8 heteroatoms. The summed E-state index contributed by atoms with van der Waals surface area (Å²) in [5.74, 6) is 0.271. The smallest absolute Gasteiger partial charge is 0.293 e. The topological polar surface area (TPSA) is 93.2 Å². The molecule has 0 aliphatic carbocycles. The summed E-state index contributed by atoms with van der Waals surface area (Å²) in [4.78, 5) is 21.1. The molecule has 3 aromatic heterocycles. The van der Waals surface area contributed by atoms with Crippen LogP contribution in [0.5, 0.6) is 0 Å². The monoisotopic (exact) mass is 428 g/mol. The van der Waals surface area contributed by atoms with Crippen molar-refractivity contribution in [2.45, 2.75) is 6.92 Å². The number of hydrogen-bond donors (Lipinski definition) is 2. The van der Waals surface area contributed by atoms with E-state index in [1.54, 1.807) is 24.4 Å². The van der Waals surface area contributed by atoms with E-state index in [1.807, 2.05) is 49.4 Å². The van der Waals surface area contributed by atoms with Gasteiger partial charge in [0, 0.05) is 22.8 Å². The molecule has 0 saturated heterocycles. The summed E-state index contributed by atoms with van der Waals surface area (Å²) in [6.45, 7) is 1.93. The summed E-state index contributed by atoms with van der Waals surface area (Å²) >= 11 is 5.30. The minimum absolute atomic E-state index is 0.173. The van der Waals surface area contributed by atoms with Gasteiger partial charge in [-0.05, 0) is 67.2 Å². The summed E-state index contributed by atoms with van der Waals surface area (Å²) in [6, 6.07) is 18.4. The molecule has 2 N–H and O–H groups in total. The van der Waals surface area contributed by atoms with Crippen LogP contribution in [-0.4, -0.2) is 21.0 Å². The van der Waals surface area contributed by atoms with Crippen molar-refractivity contribution >= 4 is 51.1 Å². The molecule has 0 aliphatic heterocycles. The number of pyridine rings is 1. The third-order valence-corrected chi connectivity index (χ3v) is 4.97. The van der Waals surface area contributed by atoms with Gasteiger partial charge in [0.05, 0.1) is 0 Å². The van der Waals surface area contributed by atoms with Crippen LogP contribution in [0.1, 0.15) is 16.1 Å². The molecule has 0 radical (unpaired) electrons. The number of carbonyl (C=O) groups excluding carboxylic acids is 1. The Morgan fingerprint density at radius 1 is 1.00 bits per heavy atom. The molecule has 5 rings (SSSR count). The highest BCUT2D eigenvalue weighted by atomic mass is 32.1. The number of fused-ring (bicyclic) bond motifs is 2. The second-order valence-electron chi connectivity index (χ2n) is 6.93. The van der Waals surface area contributed by atoms with E-state index in [9.17, 15) is 4.79 Å². The van der Waals surface area contributed by atoms with Gasteiger partial charge < -0.3 is 14.2 Å². The van der Waals surface area contributed by atoms with Crippen LogP contribution in [0.15, 0.2) is 75.7 Å². The molecule has 3 heterocycles. The number of thiocarbonyl (C=S) groups is 1. The normalized spacial score (nSPS) is 11.0. The molecule has 152 valence electrons. The number of aromatic nitrogens is 2. The van der Waals surface area contributed by atoms with Crippen molar-refractivity contribution in [3.63, 3.8) is 0 Å². The second-order valence-corrected chi connectivity index (χ2v) is 7.34. The van der Waals surface area contributed by atoms with Crippen LogP contribution in [0.3, 0.4) is 0 Å². The van der Waals surface area contributed by atoms with Gasteiger partial charge in [-0.25, -0.2) is 4.98 Å². The zero-order valence-electron chi connectivity index (χ0n) is 16.4. The highest BCUT2D eigenvalue weighted by molar-refractivity contribution is 7.80. The molecular formula is C23H16N4O3S. The molecule has 5 aromatic rings. The number of aryl methyl sites for hydroxylation is 1. The molecule has 0 aliphatic rings. The number of benzene rings is 2. The van der Waals surface area contributed by atoms with Gasteiger partial charge in [0.15, 0.2) is 22.1 Å². The first-order valence-corrected chi connectivity index (χ1v) is 9.91. The van der Waals surface area contributed by atoms with Crippen LogP contribution in [-0.2, 0) is 0 Å². The van der Waals surface area contributed by atoms with Gasteiger partial charge in [0.2, 0.25) is 5.89 Å². The van der Waals surface area contributed by atoms with E-state index in [0.29, 0.717) is 22.7 Å². The molecule has 0 atom stereocenters. The Hall–Kier alpha value is -4.04. The van der Waals surface area contributed by atoms with Crippen LogP contribution in [0.4, 0.5) is 5.69 Å². The largest absolute Gasteiger partial charge is 0.451 e. The minimum Gasteiger partial charge on any atom is -0.451 e. The van der Waals surface area contributed by atoms with Crippen molar-refractivity contribution in [3.8, 4) is 11.5 Å². The molecule has 31 heavy (non-hydrogen) atoms. The van der Waals surface area contributed by atoms with Crippen LogP contribution >= 0.6 is 12.2 Å². The van der Waals surface area contributed by atoms with Crippen molar-refractivity contribution in [3.05, 3.63) is 78.2 Å². The first-order chi connectivity index (χ1) is 15.1. The fourth-order valence-electron chi connectivity index (χ4n) is 3.24. The van der Waals surface area contributed by atoms with E-state index < -0.39 is 5.91 Å². The van der Waals surface area contributed by atoms with Gasteiger partial charge in [-0.3, -0.25) is 10.1 Å². The van der Waals surface area contributed by atoms with Crippen molar-refractivity contribution in [2.75, 3.05) is 5.32 Å². The Morgan fingerprint density at radius 3 is 2.65 bits per heavy atom. The summed E-state index contributed by atoms with van der Waals surface area (Å²) < 4.78 is 11.3. The zero-order valence-corrected chi connectivity index (χ0v) is 17.2. The lowest BCUT2D eigenvalue weighted by molar-refractivity contribution is 0.0953. The number of rotatable bonds is 3.